The molecule has 25 heavy (non-hydrogen) atoms. The summed E-state index contributed by atoms with van der Waals surface area (Å²) in [5.74, 6) is -1.86. The number of rotatable bonds is 7. The van der Waals surface area contributed by atoms with E-state index < -0.39 is 11.9 Å². The third-order valence-electron chi connectivity index (χ3n) is 3.30. The van der Waals surface area contributed by atoms with Crippen LogP contribution in [0.1, 0.15) is 26.3 Å². The van der Waals surface area contributed by atoms with Gasteiger partial charge in [-0.3, -0.25) is 5.43 Å². The number of nitrogens with zero attached hydrogens (tertiary/aromatic N) is 1. The monoisotopic (exact) mass is 344 g/mol. The van der Waals surface area contributed by atoms with Crippen molar-refractivity contribution in [3.05, 3.63) is 53.1 Å². The normalized spacial score (nSPS) is 10.5. The first-order chi connectivity index (χ1) is 12.0. The van der Waals surface area contributed by atoms with Crippen LogP contribution in [-0.4, -0.2) is 42.6 Å². The van der Waals surface area contributed by atoms with Gasteiger partial charge < -0.3 is 19.7 Å². The lowest BCUT2D eigenvalue weighted by molar-refractivity contribution is 0.0683. The summed E-state index contributed by atoms with van der Waals surface area (Å²) in [5.41, 5.74) is 3.43. The highest BCUT2D eigenvalue weighted by atomic mass is 16.5. The molecule has 0 bridgehead atoms. The maximum absolute atomic E-state index is 11.5. The van der Waals surface area contributed by atoms with Crippen molar-refractivity contribution in [2.75, 3.05) is 19.6 Å². The highest BCUT2D eigenvalue weighted by Crippen LogP contribution is 2.32. The van der Waals surface area contributed by atoms with Crippen LogP contribution in [0.3, 0.4) is 0 Å². The number of ether oxygens (including phenoxy) is 2. The summed E-state index contributed by atoms with van der Waals surface area (Å²) >= 11 is 0. The number of aromatic carboxylic acids is 2. The third kappa shape index (κ3) is 4.05. The van der Waals surface area contributed by atoms with Crippen molar-refractivity contribution < 1.29 is 29.3 Å². The highest BCUT2D eigenvalue weighted by Gasteiger charge is 2.19. The second kappa shape index (κ2) is 7.82. The number of anilines is 1. The minimum absolute atomic E-state index is 0.0897. The summed E-state index contributed by atoms with van der Waals surface area (Å²) in [6.45, 7) is 0. The lowest BCUT2D eigenvalue weighted by atomic mass is 10.1. The van der Waals surface area contributed by atoms with Crippen molar-refractivity contribution in [1.82, 2.24) is 0 Å². The summed E-state index contributed by atoms with van der Waals surface area (Å²) in [5, 5.41) is 22.3. The van der Waals surface area contributed by atoms with Crippen molar-refractivity contribution in [2.24, 2.45) is 5.10 Å². The van der Waals surface area contributed by atoms with Gasteiger partial charge in [-0.25, -0.2) is 9.59 Å². The van der Waals surface area contributed by atoms with Crippen LogP contribution in [0.4, 0.5) is 5.69 Å². The van der Waals surface area contributed by atoms with Gasteiger partial charge in [-0.2, -0.15) is 5.10 Å². The molecule has 0 saturated heterocycles. The summed E-state index contributed by atoms with van der Waals surface area (Å²) in [7, 11) is 2.76. The van der Waals surface area contributed by atoms with E-state index in [1.165, 1.54) is 38.6 Å². The molecule has 0 aliphatic rings. The fourth-order valence-electron chi connectivity index (χ4n) is 2.17. The minimum atomic E-state index is -1.19. The molecule has 0 aromatic heterocycles. The Morgan fingerprint density at radius 1 is 1.08 bits per heavy atom. The molecule has 0 atom stereocenters. The molecule has 8 nitrogen and oxygen atoms in total. The largest absolute Gasteiger partial charge is 0.493 e. The van der Waals surface area contributed by atoms with Crippen LogP contribution in [0.15, 0.2) is 41.5 Å². The average molecular weight is 344 g/mol. The Bertz CT molecular complexity index is 832. The van der Waals surface area contributed by atoms with Crippen LogP contribution in [0.2, 0.25) is 0 Å². The fourth-order valence-corrected chi connectivity index (χ4v) is 2.17. The molecule has 8 heteroatoms. The van der Waals surface area contributed by atoms with E-state index in [4.69, 9.17) is 14.6 Å². The van der Waals surface area contributed by atoms with Crippen LogP contribution < -0.4 is 14.9 Å². The molecule has 0 radical (unpaired) electrons. The standard InChI is InChI=1S/C17H16N2O6/c1-24-13-7-6-11(14(17(22)23)15(13)25-2)9-18-19-12-5-3-4-10(8-12)16(20)21/h3-9,19H,1-2H3,(H,20,21)(H,22,23). The molecule has 2 rings (SSSR count). The molecular formula is C17H16N2O6. The van der Waals surface area contributed by atoms with Crippen LogP contribution >= 0.6 is 0 Å². The molecular weight excluding hydrogens is 328 g/mol. The van der Waals surface area contributed by atoms with Gasteiger partial charge in [0.25, 0.3) is 0 Å². The number of hydrogen-bond acceptors (Lipinski definition) is 6. The quantitative estimate of drug-likeness (QED) is 0.522. The molecule has 0 heterocycles. The maximum atomic E-state index is 11.5. The van der Waals surface area contributed by atoms with Crippen molar-refractivity contribution >= 4 is 23.8 Å². The van der Waals surface area contributed by atoms with E-state index in [1.54, 1.807) is 18.2 Å². The predicted molar refractivity (Wildman–Crippen MR) is 91.1 cm³/mol. The molecule has 2 aromatic carbocycles. The van der Waals surface area contributed by atoms with Gasteiger partial charge in [0.1, 0.15) is 5.56 Å². The summed E-state index contributed by atoms with van der Waals surface area (Å²) in [6, 6.07) is 9.17. The number of carbonyl (C=O) groups is 2. The van der Waals surface area contributed by atoms with Crippen LogP contribution in [-0.2, 0) is 0 Å². The first-order valence-corrected chi connectivity index (χ1v) is 7.08. The summed E-state index contributed by atoms with van der Waals surface area (Å²) < 4.78 is 10.2. The Morgan fingerprint density at radius 3 is 2.44 bits per heavy atom. The first kappa shape index (κ1) is 17.8. The van der Waals surface area contributed by atoms with E-state index in [0.29, 0.717) is 17.0 Å². The average Bonchev–Trinajstić information content (AvgIpc) is 2.61. The first-order valence-electron chi connectivity index (χ1n) is 7.08. The number of benzene rings is 2. The Kier molecular flexibility index (Phi) is 5.57. The zero-order chi connectivity index (χ0) is 18.4. The smallest absolute Gasteiger partial charge is 0.340 e. The number of carboxylic acids is 2. The van der Waals surface area contributed by atoms with Crippen LogP contribution in [0.5, 0.6) is 11.5 Å². The lowest BCUT2D eigenvalue weighted by Crippen LogP contribution is -2.07. The van der Waals surface area contributed by atoms with Crippen molar-refractivity contribution in [2.45, 2.75) is 0 Å². The van der Waals surface area contributed by atoms with E-state index in [9.17, 15) is 14.7 Å². The van der Waals surface area contributed by atoms with E-state index in [1.807, 2.05) is 0 Å². The van der Waals surface area contributed by atoms with Gasteiger partial charge >= 0.3 is 11.9 Å². The highest BCUT2D eigenvalue weighted by molar-refractivity contribution is 6.02. The topological polar surface area (TPSA) is 117 Å². The Labute approximate surface area is 143 Å². The maximum Gasteiger partial charge on any atom is 0.340 e. The molecule has 0 aliphatic carbocycles. The summed E-state index contributed by atoms with van der Waals surface area (Å²) in [4.78, 5) is 22.5. The number of hydrogen-bond donors (Lipinski definition) is 3. The van der Waals surface area contributed by atoms with E-state index in [-0.39, 0.29) is 16.9 Å². The number of nitrogens with one attached hydrogen (secondary N) is 1. The fraction of sp³-hybridized carbons (Fsp3) is 0.118. The Morgan fingerprint density at radius 2 is 1.84 bits per heavy atom. The van der Waals surface area contributed by atoms with Gasteiger partial charge in [-0.05, 0) is 30.3 Å². The van der Waals surface area contributed by atoms with Crippen molar-refractivity contribution in [1.29, 1.82) is 0 Å². The van der Waals surface area contributed by atoms with Crippen LogP contribution in [0, 0.1) is 0 Å². The van der Waals surface area contributed by atoms with Crippen LogP contribution in [0.25, 0.3) is 0 Å². The van der Waals surface area contributed by atoms with E-state index in [2.05, 4.69) is 10.5 Å². The van der Waals surface area contributed by atoms with Gasteiger partial charge in [0.15, 0.2) is 11.5 Å². The molecule has 3 N–H and O–H groups in total. The molecule has 0 saturated carbocycles. The molecule has 0 amide bonds. The SMILES string of the molecule is COc1ccc(C=NNc2cccc(C(=O)O)c2)c(C(=O)O)c1OC. The van der Waals surface area contributed by atoms with Crippen molar-refractivity contribution in [3.63, 3.8) is 0 Å². The van der Waals surface area contributed by atoms with Gasteiger partial charge in [-0.15, -0.1) is 0 Å². The number of methoxy groups -OCH3 is 2. The molecule has 0 aliphatic heterocycles. The minimum Gasteiger partial charge on any atom is -0.493 e. The molecule has 130 valence electrons. The van der Waals surface area contributed by atoms with E-state index >= 15 is 0 Å². The molecule has 2 aromatic rings. The van der Waals surface area contributed by atoms with E-state index in [0.717, 1.165) is 0 Å². The van der Waals surface area contributed by atoms with Gasteiger partial charge in [0.2, 0.25) is 0 Å². The second-order valence-electron chi connectivity index (χ2n) is 4.83. The predicted octanol–water partition coefficient (Wildman–Crippen LogP) is 2.55. The number of hydrazone groups is 1. The Balaban J connectivity index is 2.30. The molecule has 0 fully saturated rings. The van der Waals surface area contributed by atoms with Gasteiger partial charge in [0, 0.05) is 5.56 Å². The van der Waals surface area contributed by atoms with Crippen molar-refractivity contribution in [3.8, 4) is 11.5 Å². The number of carboxylic acid groups (broad SMARTS) is 2. The lowest BCUT2D eigenvalue weighted by Gasteiger charge is -2.12. The molecule has 0 unspecified atom stereocenters. The van der Waals surface area contributed by atoms with Gasteiger partial charge in [-0.1, -0.05) is 6.07 Å². The van der Waals surface area contributed by atoms with Gasteiger partial charge in [0.05, 0.1) is 31.7 Å². The summed E-state index contributed by atoms with van der Waals surface area (Å²) in [6.07, 6.45) is 1.30. The zero-order valence-electron chi connectivity index (χ0n) is 13.5. The molecule has 0 spiro atoms. The zero-order valence-corrected chi connectivity index (χ0v) is 13.5. The Hall–Kier alpha value is -3.55. The third-order valence-corrected chi connectivity index (χ3v) is 3.30. The second-order valence-corrected chi connectivity index (χ2v) is 4.83.